The average molecular weight is 273 g/mol. The summed E-state index contributed by atoms with van der Waals surface area (Å²) in [5.41, 5.74) is 0.690. The normalized spacial score (nSPS) is 12.2. The molecule has 0 heterocycles. The van der Waals surface area contributed by atoms with Gasteiger partial charge in [0.2, 0.25) is 0 Å². The Kier molecular flexibility index (Phi) is 4.25. The lowest BCUT2D eigenvalue weighted by atomic mass is 10.0. The van der Waals surface area contributed by atoms with E-state index in [4.69, 9.17) is 4.74 Å². The van der Waals surface area contributed by atoms with Crippen LogP contribution >= 0.6 is 0 Å². The van der Waals surface area contributed by atoms with Crippen molar-refractivity contribution in [1.29, 1.82) is 0 Å². The number of likely N-dealkylation sites (N-methyl/N-ethyl adjacent to an activating group) is 1. The summed E-state index contributed by atoms with van der Waals surface area (Å²) in [5, 5.41) is 11.8. The van der Waals surface area contributed by atoms with Crippen LogP contribution in [0.4, 0.5) is 0 Å². The molecule has 4 nitrogen and oxygen atoms in total. The number of carbonyl (C=O) groups is 1. The molecule has 2 aromatic rings. The molecule has 0 unspecified atom stereocenters. The van der Waals surface area contributed by atoms with Crippen molar-refractivity contribution in [3.05, 3.63) is 42.0 Å². The lowest BCUT2D eigenvalue weighted by Gasteiger charge is -2.17. The van der Waals surface area contributed by atoms with Gasteiger partial charge in [-0.05, 0) is 12.3 Å². The maximum atomic E-state index is 11.7. The van der Waals surface area contributed by atoms with Crippen LogP contribution in [0.1, 0.15) is 18.6 Å². The maximum absolute atomic E-state index is 11.7. The van der Waals surface area contributed by atoms with Crippen LogP contribution in [-0.2, 0) is 4.79 Å². The second kappa shape index (κ2) is 5.92. The molecule has 4 heteroatoms. The molecule has 0 bridgehead atoms. The molecule has 2 rings (SSSR count). The van der Waals surface area contributed by atoms with Gasteiger partial charge in [0.25, 0.3) is 5.91 Å². The Morgan fingerprint density at radius 3 is 2.60 bits per heavy atom. The van der Waals surface area contributed by atoms with Crippen LogP contribution in [0, 0.1) is 0 Å². The molecule has 1 N–H and O–H groups in total. The van der Waals surface area contributed by atoms with Crippen molar-refractivity contribution in [2.24, 2.45) is 0 Å². The van der Waals surface area contributed by atoms with E-state index in [2.05, 4.69) is 0 Å². The van der Waals surface area contributed by atoms with E-state index in [1.807, 2.05) is 36.4 Å². The van der Waals surface area contributed by atoms with E-state index >= 15 is 0 Å². The molecule has 20 heavy (non-hydrogen) atoms. The van der Waals surface area contributed by atoms with Crippen LogP contribution in [0.25, 0.3) is 10.8 Å². The summed E-state index contributed by atoms with van der Waals surface area (Å²) >= 11 is 0. The highest BCUT2D eigenvalue weighted by Crippen LogP contribution is 2.33. The summed E-state index contributed by atoms with van der Waals surface area (Å²) in [4.78, 5) is 13.2. The van der Waals surface area contributed by atoms with Gasteiger partial charge in [-0.3, -0.25) is 4.79 Å². The number of rotatable bonds is 4. The quantitative estimate of drug-likeness (QED) is 0.930. The Balaban J connectivity index is 2.42. The van der Waals surface area contributed by atoms with E-state index < -0.39 is 6.10 Å². The van der Waals surface area contributed by atoms with Gasteiger partial charge in [-0.25, -0.2) is 0 Å². The van der Waals surface area contributed by atoms with Gasteiger partial charge in [-0.2, -0.15) is 0 Å². The Bertz CT molecular complexity index is 620. The number of amides is 1. The van der Waals surface area contributed by atoms with Crippen LogP contribution in [0.5, 0.6) is 5.75 Å². The van der Waals surface area contributed by atoms with Gasteiger partial charge < -0.3 is 14.7 Å². The molecule has 1 amide bonds. The number of benzene rings is 2. The van der Waals surface area contributed by atoms with E-state index in [1.54, 1.807) is 21.0 Å². The van der Waals surface area contributed by atoms with E-state index in [1.165, 1.54) is 4.90 Å². The summed E-state index contributed by atoms with van der Waals surface area (Å²) in [5.74, 6) is 0.461. The topological polar surface area (TPSA) is 49.8 Å². The molecule has 2 aromatic carbocycles. The molecule has 0 aliphatic carbocycles. The fourth-order valence-corrected chi connectivity index (χ4v) is 2.01. The van der Waals surface area contributed by atoms with Crippen molar-refractivity contribution >= 4 is 16.7 Å². The molecule has 0 aromatic heterocycles. The van der Waals surface area contributed by atoms with Crippen LogP contribution in [0.15, 0.2) is 36.4 Å². The molecular weight excluding hydrogens is 254 g/mol. The van der Waals surface area contributed by atoms with E-state index in [-0.39, 0.29) is 12.5 Å². The molecule has 0 aliphatic heterocycles. The largest absolute Gasteiger partial charge is 0.483 e. The SMILES string of the molecule is C[C@H](O)c1ccc2ccccc2c1OCC(=O)N(C)C. The molecule has 0 saturated heterocycles. The zero-order valence-corrected chi connectivity index (χ0v) is 12.0. The van der Waals surface area contributed by atoms with Crippen molar-refractivity contribution in [2.45, 2.75) is 13.0 Å². The third-order valence-electron chi connectivity index (χ3n) is 3.20. The second-order valence-electron chi connectivity index (χ2n) is 4.96. The van der Waals surface area contributed by atoms with Gasteiger partial charge in [0.05, 0.1) is 6.10 Å². The van der Waals surface area contributed by atoms with Crippen molar-refractivity contribution in [3.63, 3.8) is 0 Å². The molecule has 0 saturated carbocycles. The number of aliphatic hydroxyl groups is 1. The first-order valence-electron chi connectivity index (χ1n) is 6.53. The van der Waals surface area contributed by atoms with Gasteiger partial charge >= 0.3 is 0 Å². The molecule has 0 radical (unpaired) electrons. The summed E-state index contributed by atoms with van der Waals surface area (Å²) in [6.07, 6.45) is -0.649. The Labute approximate surface area is 118 Å². The predicted octanol–water partition coefficient (Wildman–Crippen LogP) is 2.36. The first-order valence-corrected chi connectivity index (χ1v) is 6.53. The smallest absolute Gasteiger partial charge is 0.259 e. The number of ether oxygens (including phenoxy) is 1. The minimum atomic E-state index is -0.649. The Hall–Kier alpha value is -2.07. The number of carbonyl (C=O) groups excluding carboxylic acids is 1. The number of nitrogens with zero attached hydrogens (tertiary/aromatic N) is 1. The van der Waals surface area contributed by atoms with Gasteiger partial charge in [0, 0.05) is 25.0 Å². The highest BCUT2D eigenvalue weighted by atomic mass is 16.5. The van der Waals surface area contributed by atoms with Crippen molar-refractivity contribution in [1.82, 2.24) is 4.90 Å². The van der Waals surface area contributed by atoms with Crippen LogP contribution in [0.2, 0.25) is 0 Å². The molecule has 0 spiro atoms. The van der Waals surface area contributed by atoms with Crippen LogP contribution in [0.3, 0.4) is 0 Å². The molecule has 1 atom stereocenters. The monoisotopic (exact) mass is 273 g/mol. The number of fused-ring (bicyclic) bond motifs is 1. The van der Waals surface area contributed by atoms with Gasteiger partial charge in [0.15, 0.2) is 6.61 Å². The van der Waals surface area contributed by atoms with Gasteiger partial charge in [-0.1, -0.05) is 36.4 Å². The van der Waals surface area contributed by atoms with E-state index in [0.29, 0.717) is 11.3 Å². The number of aliphatic hydroxyl groups excluding tert-OH is 1. The summed E-state index contributed by atoms with van der Waals surface area (Å²) < 4.78 is 5.68. The van der Waals surface area contributed by atoms with Crippen molar-refractivity contribution in [3.8, 4) is 5.75 Å². The Morgan fingerprint density at radius 2 is 1.95 bits per heavy atom. The third-order valence-corrected chi connectivity index (χ3v) is 3.20. The minimum Gasteiger partial charge on any atom is -0.483 e. The van der Waals surface area contributed by atoms with Gasteiger partial charge in [-0.15, -0.1) is 0 Å². The zero-order valence-electron chi connectivity index (χ0n) is 12.0. The predicted molar refractivity (Wildman–Crippen MR) is 78.8 cm³/mol. The molecular formula is C16H19NO3. The van der Waals surface area contributed by atoms with Crippen LogP contribution in [-0.4, -0.2) is 36.6 Å². The molecule has 0 aliphatic rings. The summed E-state index contributed by atoms with van der Waals surface area (Å²) in [6.45, 7) is 1.64. The second-order valence-corrected chi connectivity index (χ2v) is 4.96. The zero-order chi connectivity index (χ0) is 14.7. The fourth-order valence-electron chi connectivity index (χ4n) is 2.01. The Morgan fingerprint density at radius 1 is 1.25 bits per heavy atom. The number of hydrogen-bond donors (Lipinski definition) is 1. The lowest BCUT2D eigenvalue weighted by Crippen LogP contribution is -2.27. The molecule has 106 valence electrons. The lowest BCUT2D eigenvalue weighted by molar-refractivity contribution is -0.130. The van der Waals surface area contributed by atoms with E-state index in [9.17, 15) is 9.90 Å². The molecule has 0 fully saturated rings. The fraction of sp³-hybridized carbons (Fsp3) is 0.312. The third kappa shape index (κ3) is 2.91. The van der Waals surface area contributed by atoms with Crippen molar-refractivity contribution < 1.29 is 14.6 Å². The maximum Gasteiger partial charge on any atom is 0.259 e. The highest BCUT2D eigenvalue weighted by molar-refractivity contribution is 5.90. The number of hydrogen-bond acceptors (Lipinski definition) is 3. The van der Waals surface area contributed by atoms with Crippen LogP contribution < -0.4 is 4.74 Å². The van der Waals surface area contributed by atoms with E-state index in [0.717, 1.165) is 10.8 Å². The first kappa shape index (κ1) is 14.3. The average Bonchev–Trinajstić information content (AvgIpc) is 2.43. The van der Waals surface area contributed by atoms with Gasteiger partial charge in [0.1, 0.15) is 5.75 Å². The van der Waals surface area contributed by atoms with Crippen molar-refractivity contribution in [2.75, 3.05) is 20.7 Å². The highest BCUT2D eigenvalue weighted by Gasteiger charge is 2.14. The summed E-state index contributed by atoms with van der Waals surface area (Å²) in [6, 6.07) is 11.5. The first-order chi connectivity index (χ1) is 9.50. The summed E-state index contributed by atoms with van der Waals surface area (Å²) in [7, 11) is 3.37. The minimum absolute atomic E-state index is 0.0409. The standard InChI is InChI=1S/C16H19NO3/c1-11(18)13-9-8-12-6-4-5-7-14(12)16(13)20-10-15(19)17(2)3/h4-9,11,18H,10H2,1-3H3/t11-/m0/s1.